The normalized spacial score (nSPS) is 19.5. The first-order valence-electron chi connectivity index (χ1n) is 9.95. The minimum Gasteiger partial charge on any atom is -0.481 e. The Balaban J connectivity index is 1.59. The maximum Gasteiger partial charge on any atom is 0.307 e. The van der Waals surface area contributed by atoms with E-state index in [9.17, 15) is 19.5 Å². The first kappa shape index (κ1) is 21.2. The van der Waals surface area contributed by atoms with Gasteiger partial charge in [-0.3, -0.25) is 14.4 Å². The number of carboxylic acid groups (broad SMARTS) is 1. The number of furan rings is 1. The third-order valence-electron chi connectivity index (χ3n) is 5.32. The quantitative estimate of drug-likeness (QED) is 0.357. The maximum absolute atomic E-state index is 13.0. The lowest BCUT2D eigenvalue weighted by atomic mass is 9.82. The van der Waals surface area contributed by atoms with Crippen LogP contribution in [0.4, 0.5) is 5.69 Å². The summed E-state index contributed by atoms with van der Waals surface area (Å²) in [5.74, 6) is -2.48. The van der Waals surface area contributed by atoms with Crippen LogP contribution in [-0.2, 0) is 9.59 Å². The Bertz CT molecular complexity index is 1100. The summed E-state index contributed by atoms with van der Waals surface area (Å²) in [6.45, 7) is 1.69. The van der Waals surface area contributed by atoms with Gasteiger partial charge in [0.05, 0.1) is 29.5 Å². The summed E-state index contributed by atoms with van der Waals surface area (Å²) in [7, 11) is 0. The van der Waals surface area contributed by atoms with Crippen LogP contribution >= 0.6 is 0 Å². The lowest BCUT2D eigenvalue weighted by Gasteiger charge is -2.24. The Morgan fingerprint density at radius 3 is 2.50 bits per heavy atom. The second-order valence-corrected chi connectivity index (χ2v) is 7.35. The van der Waals surface area contributed by atoms with Gasteiger partial charge in [-0.15, -0.1) is 0 Å². The SMILES string of the molecule is CC(=NNC(=O)c1ccco1)c1cc2c(cc1NC(=O)C1CC=CCC1C(=O)O)OCO2. The Hall–Kier alpha value is -4.08. The zero-order chi connectivity index (χ0) is 22.7. The number of anilines is 1. The van der Waals surface area contributed by atoms with Crippen LogP contribution in [-0.4, -0.2) is 35.4 Å². The fourth-order valence-electron chi connectivity index (χ4n) is 3.60. The zero-order valence-electron chi connectivity index (χ0n) is 17.2. The van der Waals surface area contributed by atoms with Crippen molar-refractivity contribution in [2.45, 2.75) is 19.8 Å². The maximum atomic E-state index is 13.0. The van der Waals surface area contributed by atoms with Gasteiger partial charge < -0.3 is 24.3 Å². The van der Waals surface area contributed by atoms with Crippen LogP contribution in [0.15, 0.2) is 52.2 Å². The van der Waals surface area contributed by atoms with E-state index in [1.807, 2.05) is 0 Å². The number of hydrazone groups is 1. The highest BCUT2D eigenvalue weighted by atomic mass is 16.7. The predicted molar refractivity (Wildman–Crippen MR) is 113 cm³/mol. The Morgan fingerprint density at radius 2 is 1.81 bits per heavy atom. The Morgan fingerprint density at radius 1 is 1.09 bits per heavy atom. The molecule has 2 amide bonds. The molecule has 0 saturated carbocycles. The number of carbonyl (C=O) groups excluding carboxylic acids is 2. The molecule has 1 aromatic heterocycles. The lowest BCUT2D eigenvalue weighted by Crippen LogP contribution is -2.35. The van der Waals surface area contributed by atoms with Gasteiger partial charge in [0.1, 0.15) is 0 Å². The first-order valence-corrected chi connectivity index (χ1v) is 9.95. The van der Waals surface area contributed by atoms with E-state index in [4.69, 9.17) is 13.9 Å². The Labute approximate surface area is 182 Å². The number of hydrogen-bond acceptors (Lipinski definition) is 7. The molecule has 10 heteroatoms. The van der Waals surface area contributed by atoms with Gasteiger partial charge in [0, 0.05) is 11.6 Å². The van der Waals surface area contributed by atoms with Crippen LogP contribution in [0.2, 0.25) is 0 Å². The van der Waals surface area contributed by atoms with Crippen molar-refractivity contribution in [2.24, 2.45) is 16.9 Å². The molecule has 0 fully saturated rings. The Kier molecular flexibility index (Phi) is 5.93. The number of carbonyl (C=O) groups is 3. The average Bonchev–Trinajstić information content (AvgIpc) is 3.48. The summed E-state index contributed by atoms with van der Waals surface area (Å²) >= 11 is 0. The van der Waals surface area contributed by atoms with Crippen LogP contribution < -0.4 is 20.2 Å². The number of carboxylic acids is 1. The molecule has 0 saturated heterocycles. The van der Waals surface area contributed by atoms with E-state index in [2.05, 4.69) is 15.8 Å². The van der Waals surface area contributed by atoms with Gasteiger partial charge in [-0.1, -0.05) is 12.2 Å². The summed E-state index contributed by atoms with van der Waals surface area (Å²) < 4.78 is 15.9. The van der Waals surface area contributed by atoms with Crippen molar-refractivity contribution in [3.05, 3.63) is 54.0 Å². The highest BCUT2D eigenvalue weighted by Gasteiger charge is 2.34. The fraction of sp³-hybridized carbons (Fsp3) is 0.273. The van der Waals surface area contributed by atoms with Gasteiger partial charge in [-0.2, -0.15) is 5.10 Å². The number of aliphatic carboxylic acids is 1. The molecule has 2 heterocycles. The van der Waals surface area contributed by atoms with E-state index in [1.165, 1.54) is 12.3 Å². The number of allylic oxidation sites excluding steroid dienone is 2. The fourth-order valence-corrected chi connectivity index (χ4v) is 3.60. The molecule has 10 nitrogen and oxygen atoms in total. The number of nitrogens with one attached hydrogen (secondary N) is 2. The topological polar surface area (TPSA) is 139 Å². The average molecular weight is 439 g/mol. The molecule has 1 aromatic carbocycles. The molecular formula is C22H21N3O7. The number of benzene rings is 1. The highest BCUT2D eigenvalue weighted by molar-refractivity contribution is 6.08. The molecule has 32 heavy (non-hydrogen) atoms. The van der Waals surface area contributed by atoms with Crippen molar-refractivity contribution in [1.29, 1.82) is 0 Å². The largest absolute Gasteiger partial charge is 0.481 e. The van der Waals surface area contributed by atoms with Crippen LogP contribution in [0.5, 0.6) is 11.5 Å². The molecule has 3 N–H and O–H groups in total. The standard InChI is InChI=1S/C22H21N3O7/c1-12(24-25-21(27)17-7-4-8-30-17)15-9-18-19(32-11-31-18)10-16(15)23-20(26)13-5-2-3-6-14(13)22(28)29/h2-4,7-10,13-14H,5-6,11H2,1H3,(H,23,26)(H,25,27)(H,28,29). The molecule has 1 aliphatic heterocycles. The van der Waals surface area contributed by atoms with Gasteiger partial charge in [-0.05, 0) is 38.0 Å². The zero-order valence-corrected chi connectivity index (χ0v) is 17.2. The summed E-state index contributed by atoms with van der Waals surface area (Å²) in [6, 6.07) is 6.33. The van der Waals surface area contributed by atoms with Gasteiger partial charge >= 0.3 is 11.9 Å². The van der Waals surface area contributed by atoms with Crippen LogP contribution in [0.3, 0.4) is 0 Å². The predicted octanol–water partition coefficient (Wildman–Crippen LogP) is 2.77. The monoisotopic (exact) mass is 439 g/mol. The molecule has 0 radical (unpaired) electrons. The van der Waals surface area contributed by atoms with Gasteiger partial charge in [0.15, 0.2) is 17.3 Å². The van der Waals surface area contributed by atoms with Crippen LogP contribution in [0, 0.1) is 11.8 Å². The van der Waals surface area contributed by atoms with Crippen molar-refractivity contribution in [2.75, 3.05) is 12.1 Å². The van der Waals surface area contributed by atoms with Crippen LogP contribution in [0.1, 0.15) is 35.9 Å². The van der Waals surface area contributed by atoms with Crippen molar-refractivity contribution in [1.82, 2.24) is 5.43 Å². The van der Waals surface area contributed by atoms with Crippen LogP contribution in [0.25, 0.3) is 0 Å². The summed E-state index contributed by atoms with van der Waals surface area (Å²) in [5, 5.41) is 16.4. The van der Waals surface area contributed by atoms with Crippen molar-refractivity contribution < 1.29 is 33.4 Å². The molecular weight excluding hydrogens is 418 g/mol. The number of amides is 2. The van der Waals surface area contributed by atoms with Gasteiger partial charge in [0.25, 0.3) is 0 Å². The minimum absolute atomic E-state index is 0.0338. The second-order valence-electron chi connectivity index (χ2n) is 7.35. The van der Waals surface area contributed by atoms with E-state index in [0.717, 1.165) is 0 Å². The molecule has 2 aliphatic rings. The second kappa shape index (κ2) is 8.96. The number of ether oxygens (including phenoxy) is 2. The molecule has 2 aromatic rings. The number of nitrogens with zero attached hydrogens (tertiary/aromatic N) is 1. The smallest absolute Gasteiger partial charge is 0.307 e. The molecule has 0 spiro atoms. The molecule has 4 rings (SSSR count). The van der Waals surface area contributed by atoms with E-state index >= 15 is 0 Å². The van der Waals surface area contributed by atoms with E-state index in [0.29, 0.717) is 41.3 Å². The van der Waals surface area contributed by atoms with Crippen molar-refractivity contribution in [3.8, 4) is 11.5 Å². The molecule has 1 aliphatic carbocycles. The summed E-state index contributed by atoms with van der Waals surface area (Å²) in [4.78, 5) is 36.7. The molecule has 166 valence electrons. The van der Waals surface area contributed by atoms with E-state index in [-0.39, 0.29) is 12.6 Å². The third-order valence-corrected chi connectivity index (χ3v) is 5.32. The summed E-state index contributed by atoms with van der Waals surface area (Å²) in [5.41, 5.74) is 3.64. The highest BCUT2D eigenvalue weighted by Crippen LogP contribution is 2.38. The van der Waals surface area contributed by atoms with Gasteiger partial charge in [0.2, 0.25) is 12.7 Å². The van der Waals surface area contributed by atoms with E-state index in [1.54, 1.807) is 37.3 Å². The number of hydrogen-bond donors (Lipinski definition) is 3. The van der Waals surface area contributed by atoms with E-state index < -0.39 is 29.6 Å². The minimum atomic E-state index is -1.02. The molecule has 0 bridgehead atoms. The molecule has 2 atom stereocenters. The number of rotatable bonds is 6. The summed E-state index contributed by atoms with van der Waals surface area (Å²) in [6.07, 6.45) is 5.58. The molecule has 2 unspecified atom stereocenters. The number of fused-ring (bicyclic) bond motifs is 1. The van der Waals surface area contributed by atoms with Crippen molar-refractivity contribution in [3.63, 3.8) is 0 Å². The van der Waals surface area contributed by atoms with Crippen molar-refractivity contribution >= 4 is 29.2 Å². The third kappa shape index (κ3) is 4.34. The first-order chi connectivity index (χ1) is 15.4. The van der Waals surface area contributed by atoms with Gasteiger partial charge in [-0.25, -0.2) is 5.43 Å². The lowest BCUT2D eigenvalue weighted by molar-refractivity contribution is -0.146.